The van der Waals surface area contributed by atoms with Crippen molar-refractivity contribution < 1.29 is 0 Å². The van der Waals surface area contributed by atoms with Crippen molar-refractivity contribution in [3.63, 3.8) is 0 Å². The lowest BCUT2D eigenvalue weighted by molar-refractivity contribution is 1.15. The number of anilines is 1. The van der Waals surface area contributed by atoms with Crippen LogP contribution in [0.25, 0.3) is 5.57 Å². The Labute approximate surface area is 109 Å². The highest BCUT2D eigenvalue weighted by Gasteiger charge is 1.90. The van der Waals surface area contributed by atoms with E-state index in [2.05, 4.69) is 24.6 Å². The fourth-order valence-corrected chi connectivity index (χ4v) is 1.37. The normalized spacial score (nSPS) is 9.28. The maximum Gasteiger partial charge on any atom is 0.0401 e. The van der Waals surface area contributed by atoms with E-state index in [1.165, 1.54) is 5.56 Å². The van der Waals surface area contributed by atoms with Crippen LogP contribution in [0.4, 0.5) is 5.69 Å². The summed E-state index contributed by atoms with van der Waals surface area (Å²) in [5.74, 6) is 0. The second-order valence-corrected chi connectivity index (χ2v) is 4.31. The standard InChI is InChI=1S/C9H11N.C7H9N/c1-7(2)8-4-3-5-9(10)6-8;1-6-4-3-5-8-7(6)2/h3-6H,1,10H2,2H3;3-5H,1-2H3. The minimum absolute atomic E-state index is 0.792. The number of nitrogens with zero attached hydrogens (tertiary/aromatic N) is 1. The molecule has 1 aromatic carbocycles. The van der Waals surface area contributed by atoms with Crippen LogP contribution in [0.3, 0.4) is 0 Å². The Hall–Kier alpha value is -2.09. The van der Waals surface area contributed by atoms with E-state index in [1.54, 1.807) is 0 Å². The molecule has 0 fully saturated rings. The van der Waals surface area contributed by atoms with Crippen LogP contribution in [-0.4, -0.2) is 4.98 Å². The summed E-state index contributed by atoms with van der Waals surface area (Å²) in [7, 11) is 0. The van der Waals surface area contributed by atoms with Crippen molar-refractivity contribution >= 4 is 11.3 Å². The first kappa shape index (κ1) is 14.0. The lowest BCUT2D eigenvalue weighted by atomic mass is 10.1. The molecular formula is C16H20N2. The van der Waals surface area contributed by atoms with Gasteiger partial charge in [-0.05, 0) is 50.1 Å². The van der Waals surface area contributed by atoms with Crippen LogP contribution in [0.1, 0.15) is 23.7 Å². The number of hydrogen-bond acceptors (Lipinski definition) is 2. The Morgan fingerprint density at radius 3 is 2.28 bits per heavy atom. The number of allylic oxidation sites excluding steroid dienone is 1. The van der Waals surface area contributed by atoms with Crippen molar-refractivity contribution in [2.45, 2.75) is 20.8 Å². The summed E-state index contributed by atoms with van der Waals surface area (Å²) in [6.45, 7) is 9.85. The van der Waals surface area contributed by atoms with Crippen LogP contribution in [0, 0.1) is 13.8 Å². The van der Waals surface area contributed by atoms with E-state index in [0.717, 1.165) is 22.5 Å². The van der Waals surface area contributed by atoms with E-state index in [4.69, 9.17) is 5.73 Å². The Balaban J connectivity index is 0.000000184. The molecule has 2 heteroatoms. The van der Waals surface area contributed by atoms with Crippen LogP contribution in [0.15, 0.2) is 49.2 Å². The number of benzene rings is 1. The zero-order chi connectivity index (χ0) is 13.5. The van der Waals surface area contributed by atoms with Crippen molar-refractivity contribution in [3.05, 3.63) is 66.0 Å². The quantitative estimate of drug-likeness (QED) is 0.765. The highest BCUT2D eigenvalue weighted by atomic mass is 14.7. The molecule has 1 heterocycles. The number of aryl methyl sites for hydroxylation is 2. The summed E-state index contributed by atoms with van der Waals surface area (Å²) in [6, 6.07) is 11.7. The van der Waals surface area contributed by atoms with Crippen molar-refractivity contribution in [2.75, 3.05) is 5.73 Å². The van der Waals surface area contributed by atoms with Gasteiger partial charge in [-0.3, -0.25) is 4.98 Å². The molecule has 0 atom stereocenters. The molecule has 0 aliphatic heterocycles. The first-order chi connectivity index (χ1) is 8.50. The first-order valence-electron chi connectivity index (χ1n) is 5.90. The van der Waals surface area contributed by atoms with Gasteiger partial charge in [0.2, 0.25) is 0 Å². The lowest BCUT2D eigenvalue weighted by Crippen LogP contribution is -1.85. The molecule has 0 spiro atoms. The fraction of sp³-hybridized carbons (Fsp3) is 0.188. The molecule has 0 saturated carbocycles. The predicted octanol–water partition coefficient (Wildman–Crippen LogP) is 4.00. The van der Waals surface area contributed by atoms with E-state index in [0.29, 0.717) is 0 Å². The minimum atomic E-state index is 0.792. The van der Waals surface area contributed by atoms with Crippen LogP contribution in [0.2, 0.25) is 0 Å². The molecule has 0 bridgehead atoms. The van der Waals surface area contributed by atoms with Crippen molar-refractivity contribution in [2.24, 2.45) is 0 Å². The molecule has 2 rings (SSSR count). The third-order valence-electron chi connectivity index (χ3n) is 2.65. The number of nitrogen functional groups attached to an aromatic ring is 1. The molecule has 94 valence electrons. The topological polar surface area (TPSA) is 38.9 Å². The SMILES string of the molecule is C=C(C)c1cccc(N)c1.Cc1cccnc1C. The molecule has 1 aromatic heterocycles. The van der Waals surface area contributed by atoms with E-state index in [1.807, 2.05) is 50.4 Å². The fourth-order valence-electron chi connectivity index (χ4n) is 1.37. The highest BCUT2D eigenvalue weighted by molar-refractivity contribution is 5.64. The summed E-state index contributed by atoms with van der Waals surface area (Å²) >= 11 is 0. The van der Waals surface area contributed by atoms with E-state index >= 15 is 0 Å². The van der Waals surface area contributed by atoms with E-state index < -0.39 is 0 Å². The summed E-state index contributed by atoms with van der Waals surface area (Å²) in [5.41, 5.74) is 10.9. The summed E-state index contributed by atoms with van der Waals surface area (Å²) in [6.07, 6.45) is 1.81. The van der Waals surface area contributed by atoms with Crippen LogP contribution in [0.5, 0.6) is 0 Å². The van der Waals surface area contributed by atoms with Crippen molar-refractivity contribution in [3.8, 4) is 0 Å². The maximum atomic E-state index is 5.56. The molecule has 0 saturated heterocycles. The Kier molecular flexibility index (Phi) is 5.12. The zero-order valence-corrected chi connectivity index (χ0v) is 11.3. The van der Waals surface area contributed by atoms with Gasteiger partial charge < -0.3 is 5.73 Å². The van der Waals surface area contributed by atoms with Gasteiger partial charge >= 0.3 is 0 Å². The largest absolute Gasteiger partial charge is 0.399 e. The van der Waals surface area contributed by atoms with Gasteiger partial charge in [0.1, 0.15) is 0 Å². The molecule has 0 aliphatic rings. The van der Waals surface area contributed by atoms with E-state index in [-0.39, 0.29) is 0 Å². The van der Waals surface area contributed by atoms with Gasteiger partial charge in [-0.15, -0.1) is 0 Å². The predicted molar refractivity (Wildman–Crippen MR) is 79.3 cm³/mol. The third-order valence-corrected chi connectivity index (χ3v) is 2.65. The molecule has 0 unspecified atom stereocenters. The summed E-state index contributed by atoms with van der Waals surface area (Å²) in [4.78, 5) is 4.08. The van der Waals surface area contributed by atoms with Gasteiger partial charge in [0.05, 0.1) is 0 Å². The molecule has 2 N–H and O–H groups in total. The van der Waals surface area contributed by atoms with E-state index in [9.17, 15) is 0 Å². The minimum Gasteiger partial charge on any atom is -0.399 e. The molecule has 0 radical (unpaired) electrons. The average molecular weight is 240 g/mol. The van der Waals surface area contributed by atoms with Crippen molar-refractivity contribution in [1.29, 1.82) is 0 Å². The molecule has 2 nitrogen and oxygen atoms in total. The van der Waals surface area contributed by atoms with Gasteiger partial charge in [0.15, 0.2) is 0 Å². The number of hydrogen-bond donors (Lipinski definition) is 1. The van der Waals surface area contributed by atoms with Crippen LogP contribution >= 0.6 is 0 Å². The lowest BCUT2D eigenvalue weighted by Gasteiger charge is -1.98. The second-order valence-electron chi connectivity index (χ2n) is 4.31. The summed E-state index contributed by atoms with van der Waals surface area (Å²) < 4.78 is 0. The Morgan fingerprint density at radius 1 is 1.17 bits per heavy atom. The first-order valence-corrected chi connectivity index (χ1v) is 5.90. The van der Waals surface area contributed by atoms with Crippen LogP contribution in [-0.2, 0) is 0 Å². The Bertz CT molecular complexity index is 509. The van der Waals surface area contributed by atoms with Gasteiger partial charge in [0.25, 0.3) is 0 Å². The number of nitrogens with two attached hydrogens (primary N) is 1. The summed E-state index contributed by atoms with van der Waals surface area (Å²) in [5, 5.41) is 0. The monoisotopic (exact) mass is 240 g/mol. The molecule has 2 aromatic rings. The highest BCUT2D eigenvalue weighted by Crippen LogP contribution is 2.13. The molecular weight excluding hydrogens is 220 g/mol. The zero-order valence-electron chi connectivity index (χ0n) is 11.3. The number of aromatic nitrogens is 1. The van der Waals surface area contributed by atoms with Gasteiger partial charge in [0, 0.05) is 17.6 Å². The van der Waals surface area contributed by atoms with Gasteiger partial charge in [-0.1, -0.05) is 30.4 Å². The number of rotatable bonds is 1. The average Bonchev–Trinajstić information content (AvgIpc) is 2.34. The van der Waals surface area contributed by atoms with Crippen molar-refractivity contribution in [1.82, 2.24) is 4.98 Å². The van der Waals surface area contributed by atoms with Gasteiger partial charge in [-0.2, -0.15) is 0 Å². The third kappa shape index (κ3) is 4.42. The Morgan fingerprint density at radius 2 is 1.89 bits per heavy atom. The number of pyridine rings is 1. The molecule has 0 aliphatic carbocycles. The molecule has 0 amide bonds. The smallest absolute Gasteiger partial charge is 0.0401 e. The maximum absolute atomic E-state index is 5.56. The van der Waals surface area contributed by atoms with Gasteiger partial charge in [-0.25, -0.2) is 0 Å². The van der Waals surface area contributed by atoms with Crippen LogP contribution < -0.4 is 5.73 Å². The molecule has 18 heavy (non-hydrogen) atoms. The second kappa shape index (κ2) is 6.60.